The number of halogens is 1. The van der Waals surface area contributed by atoms with Crippen LogP contribution in [0.3, 0.4) is 0 Å². The number of nitrogens with zero attached hydrogens (tertiary/aromatic N) is 4. The van der Waals surface area contributed by atoms with E-state index in [2.05, 4.69) is 54.8 Å². The second kappa shape index (κ2) is 8.20. The first-order valence-electron chi connectivity index (χ1n) is 10.2. The summed E-state index contributed by atoms with van der Waals surface area (Å²) in [5.74, 6) is 0.256. The summed E-state index contributed by atoms with van der Waals surface area (Å²) in [5.41, 5.74) is 4.30. The third-order valence-corrected chi connectivity index (χ3v) is 5.58. The molecule has 30 heavy (non-hydrogen) atoms. The van der Waals surface area contributed by atoms with Crippen molar-refractivity contribution < 1.29 is 4.39 Å². The van der Waals surface area contributed by atoms with Crippen LogP contribution in [0.2, 0.25) is 0 Å². The van der Waals surface area contributed by atoms with Gasteiger partial charge in [0.2, 0.25) is 5.95 Å². The molecule has 1 saturated heterocycles. The van der Waals surface area contributed by atoms with Crippen molar-refractivity contribution in [3.8, 4) is 0 Å². The van der Waals surface area contributed by atoms with E-state index >= 15 is 0 Å². The minimum Gasteiger partial charge on any atom is -0.339 e. The van der Waals surface area contributed by atoms with E-state index in [1.807, 2.05) is 30.5 Å². The van der Waals surface area contributed by atoms with Gasteiger partial charge in [0.1, 0.15) is 0 Å². The lowest BCUT2D eigenvalue weighted by Crippen LogP contribution is -2.29. The molecule has 2 aromatic carbocycles. The molecule has 2 N–H and O–H groups in total. The molecule has 5 rings (SSSR count). The highest BCUT2D eigenvalue weighted by atomic mass is 19.1. The van der Waals surface area contributed by atoms with E-state index in [9.17, 15) is 4.39 Å². The van der Waals surface area contributed by atoms with Crippen molar-refractivity contribution in [2.75, 3.05) is 29.9 Å². The van der Waals surface area contributed by atoms with Crippen molar-refractivity contribution in [2.24, 2.45) is 4.99 Å². The largest absolute Gasteiger partial charge is 0.339 e. The maximum atomic E-state index is 14.4. The fourth-order valence-electron chi connectivity index (χ4n) is 3.96. The summed E-state index contributed by atoms with van der Waals surface area (Å²) in [6, 6.07) is 16.6. The van der Waals surface area contributed by atoms with E-state index < -0.39 is 5.82 Å². The molecule has 6 nitrogen and oxygen atoms in total. The normalized spacial score (nSPS) is 18.2. The predicted octanol–water partition coefficient (Wildman–Crippen LogP) is 3.83. The molecule has 152 valence electrons. The van der Waals surface area contributed by atoms with Crippen molar-refractivity contribution in [3.05, 3.63) is 77.2 Å². The minimum atomic E-state index is -0.469. The Morgan fingerprint density at radius 1 is 1.10 bits per heavy atom. The van der Waals surface area contributed by atoms with Crippen molar-refractivity contribution >= 4 is 23.7 Å². The standard InChI is InChI=1S/C23H23FN6/c24-20-15-27-23(29-22(20)28-19-7-6-17-13-25-14-18(17)12-19)30-10-8-21(26-9-11-30)16-4-2-1-3-5-16/h1-7,12,14-15,21,26H,8-11,13H2,(H,27,28,29). The first kappa shape index (κ1) is 18.7. The maximum absolute atomic E-state index is 14.4. The van der Waals surface area contributed by atoms with Crippen molar-refractivity contribution in [1.82, 2.24) is 15.3 Å². The summed E-state index contributed by atoms with van der Waals surface area (Å²) in [5, 5.41) is 6.69. The summed E-state index contributed by atoms with van der Waals surface area (Å²) in [6.07, 6.45) is 4.01. The number of hydrogen-bond donors (Lipinski definition) is 2. The molecule has 1 atom stereocenters. The lowest BCUT2D eigenvalue weighted by Gasteiger charge is -2.21. The summed E-state index contributed by atoms with van der Waals surface area (Å²) in [7, 11) is 0. The third kappa shape index (κ3) is 3.89. The molecule has 3 aromatic rings. The second-order valence-corrected chi connectivity index (χ2v) is 7.57. The van der Waals surface area contributed by atoms with Gasteiger partial charge in [0.05, 0.1) is 12.7 Å². The van der Waals surface area contributed by atoms with Gasteiger partial charge < -0.3 is 15.5 Å². The van der Waals surface area contributed by atoms with E-state index in [0.29, 0.717) is 18.5 Å². The first-order chi connectivity index (χ1) is 14.8. The Morgan fingerprint density at radius 3 is 2.90 bits per heavy atom. The molecule has 2 aliphatic heterocycles. The van der Waals surface area contributed by atoms with Gasteiger partial charge in [-0.05, 0) is 35.2 Å². The van der Waals surface area contributed by atoms with Crippen LogP contribution in [0.25, 0.3) is 0 Å². The lowest BCUT2D eigenvalue weighted by atomic mass is 10.0. The second-order valence-electron chi connectivity index (χ2n) is 7.57. The summed E-state index contributed by atoms with van der Waals surface area (Å²) < 4.78 is 14.4. The molecular weight excluding hydrogens is 379 g/mol. The Bertz CT molecular complexity index is 1070. The van der Waals surface area contributed by atoms with E-state index in [-0.39, 0.29) is 5.82 Å². The van der Waals surface area contributed by atoms with Gasteiger partial charge in [-0.2, -0.15) is 4.98 Å². The Hall–Kier alpha value is -3.32. The van der Waals surface area contributed by atoms with Crippen LogP contribution in [0.15, 0.2) is 59.7 Å². The van der Waals surface area contributed by atoms with Gasteiger partial charge >= 0.3 is 0 Å². The van der Waals surface area contributed by atoms with Crippen LogP contribution in [-0.2, 0) is 6.54 Å². The van der Waals surface area contributed by atoms with Crippen LogP contribution in [0.4, 0.5) is 21.8 Å². The monoisotopic (exact) mass is 402 g/mol. The fraction of sp³-hybridized carbons (Fsp3) is 0.261. The molecule has 1 unspecified atom stereocenters. The lowest BCUT2D eigenvalue weighted by molar-refractivity contribution is 0.550. The molecule has 7 heteroatoms. The van der Waals surface area contributed by atoms with Crippen LogP contribution < -0.4 is 15.5 Å². The van der Waals surface area contributed by atoms with Crippen molar-refractivity contribution in [3.63, 3.8) is 0 Å². The zero-order valence-electron chi connectivity index (χ0n) is 16.6. The van der Waals surface area contributed by atoms with Crippen LogP contribution in [-0.4, -0.2) is 35.8 Å². The van der Waals surface area contributed by atoms with E-state index in [4.69, 9.17) is 0 Å². The quantitative estimate of drug-likeness (QED) is 0.694. The van der Waals surface area contributed by atoms with Gasteiger partial charge in [-0.25, -0.2) is 9.37 Å². The number of anilines is 3. The van der Waals surface area contributed by atoms with Gasteiger partial charge in [0.25, 0.3) is 0 Å². The molecule has 0 saturated carbocycles. The van der Waals surface area contributed by atoms with Crippen LogP contribution in [0, 0.1) is 5.82 Å². The molecule has 1 aromatic heterocycles. The molecule has 1 fully saturated rings. The molecule has 0 aliphatic carbocycles. The number of hydrogen-bond acceptors (Lipinski definition) is 6. The summed E-state index contributed by atoms with van der Waals surface area (Å²) in [6.45, 7) is 3.08. The van der Waals surface area contributed by atoms with E-state index in [0.717, 1.165) is 37.3 Å². The highest BCUT2D eigenvalue weighted by Gasteiger charge is 2.20. The average Bonchev–Trinajstić information content (AvgIpc) is 3.10. The average molecular weight is 402 g/mol. The number of fused-ring (bicyclic) bond motifs is 1. The van der Waals surface area contributed by atoms with Gasteiger partial charge in [0, 0.05) is 37.6 Å². The topological polar surface area (TPSA) is 65.4 Å². The number of aromatic nitrogens is 2. The van der Waals surface area contributed by atoms with Crippen molar-refractivity contribution in [1.29, 1.82) is 0 Å². The maximum Gasteiger partial charge on any atom is 0.227 e. The number of aliphatic imine (C=N–C) groups is 1. The number of rotatable bonds is 4. The zero-order chi connectivity index (χ0) is 20.3. The predicted molar refractivity (Wildman–Crippen MR) is 117 cm³/mol. The molecular formula is C23H23FN6. The molecule has 2 aliphatic rings. The molecule has 0 bridgehead atoms. The molecule has 3 heterocycles. The molecule has 0 amide bonds. The zero-order valence-corrected chi connectivity index (χ0v) is 16.6. The van der Waals surface area contributed by atoms with Crippen LogP contribution in [0.1, 0.15) is 29.2 Å². The highest BCUT2D eigenvalue weighted by Crippen LogP contribution is 2.25. The van der Waals surface area contributed by atoms with Gasteiger partial charge in [-0.15, -0.1) is 0 Å². The van der Waals surface area contributed by atoms with Gasteiger partial charge in [-0.1, -0.05) is 36.4 Å². The Balaban J connectivity index is 1.32. The Kier molecular flexibility index (Phi) is 5.11. The fourth-order valence-corrected chi connectivity index (χ4v) is 3.96. The molecule has 0 radical (unpaired) electrons. The van der Waals surface area contributed by atoms with E-state index in [1.165, 1.54) is 17.3 Å². The van der Waals surface area contributed by atoms with Crippen LogP contribution >= 0.6 is 0 Å². The van der Waals surface area contributed by atoms with Gasteiger partial charge in [-0.3, -0.25) is 4.99 Å². The van der Waals surface area contributed by atoms with Gasteiger partial charge in [0.15, 0.2) is 11.6 Å². The Labute approximate surface area is 174 Å². The third-order valence-electron chi connectivity index (χ3n) is 5.58. The first-order valence-corrected chi connectivity index (χ1v) is 10.2. The SMILES string of the molecule is Fc1cnc(N2CCNC(c3ccccc3)CC2)nc1Nc1ccc2c(c1)C=NC2. The minimum absolute atomic E-state index is 0.187. The Morgan fingerprint density at radius 2 is 2.00 bits per heavy atom. The van der Waals surface area contributed by atoms with E-state index in [1.54, 1.807) is 0 Å². The molecule has 0 spiro atoms. The number of nitrogens with one attached hydrogen (secondary N) is 2. The van der Waals surface area contributed by atoms with Crippen LogP contribution in [0.5, 0.6) is 0 Å². The smallest absolute Gasteiger partial charge is 0.227 e. The number of benzene rings is 2. The summed E-state index contributed by atoms with van der Waals surface area (Å²) in [4.78, 5) is 15.1. The van der Waals surface area contributed by atoms with Crippen molar-refractivity contribution in [2.45, 2.75) is 19.0 Å². The summed E-state index contributed by atoms with van der Waals surface area (Å²) >= 11 is 0. The highest BCUT2D eigenvalue weighted by molar-refractivity contribution is 5.86.